The van der Waals surface area contributed by atoms with Crippen molar-refractivity contribution in [1.29, 1.82) is 0 Å². The van der Waals surface area contributed by atoms with Gasteiger partial charge >= 0.3 is 5.97 Å². The first-order chi connectivity index (χ1) is 6.75. The van der Waals surface area contributed by atoms with Crippen molar-refractivity contribution >= 4 is 11.9 Å². The zero-order chi connectivity index (χ0) is 9.97. The molecule has 1 unspecified atom stereocenters. The molecule has 1 fully saturated rings. The number of carbonyl (C=O) groups is 1. The van der Waals surface area contributed by atoms with Crippen LogP contribution in [-0.4, -0.2) is 47.6 Å². The minimum atomic E-state index is -0.724. The summed E-state index contributed by atoms with van der Waals surface area (Å²) in [4.78, 5) is 17.0. The molecule has 0 aromatic heterocycles. The fourth-order valence-electron chi connectivity index (χ4n) is 1.92. The van der Waals surface area contributed by atoms with Gasteiger partial charge in [-0.3, -0.25) is 9.79 Å². The Kier molecular flexibility index (Phi) is 2.56. The van der Waals surface area contributed by atoms with Gasteiger partial charge in [-0.1, -0.05) is 0 Å². The molecule has 1 atom stereocenters. The molecule has 2 rings (SSSR count). The van der Waals surface area contributed by atoms with Gasteiger partial charge in [0.2, 0.25) is 0 Å². The van der Waals surface area contributed by atoms with Crippen molar-refractivity contribution in [2.24, 2.45) is 4.99 Å². The van der Waals surface area contributed by atoms with Crippen LogP contribution in [0.2, 0.25) is 0 Å². The van der Waals surface area contributed by atoms with Crippen molar-refractivity contribution in [2.75, 3.05) is 19.6 Å². The third kappa shape index (κ3) is 1.97. The summed E-state index contributed by atoms with van der Waals surface area (Å²) < 4.78 is 0. The minimum Gasteiger partial charge on any atom is -0.481 e. The van der Waals surface area contributed by atoms with E-state index in [2.05, 4.69) is 15.2 Å². The number of nitrogens with one attached hydrogen (secondary N) is 1. The van der Waals surface area contributed by atoms with Gasteiger partial charge in [-0.25, -0.2) is 0 Å². The molecule has 0 aliphatic carbocycles. The SMILES string of the molecule is O=C(O)CCC1CN2CCCN=C2N1. The maximum atomic E-state index is 10.4. The summed E-state index contributed by atoms with van der Waals surface area (Å²) >= 11 is 0. The van der Waals surface area contributed by atoms with Crippen molar-refractivity contribution in [2.45, 2.75) is 25.3 Å². The van der Waals surface area contributed by atoms with Gasteiger partial charge in [0.05, 0.1) is 0 Å². The highest BCUT2D eigenvalue weighted by molar-refractivity contribution is 5.83. The lowest BCUT2D eigenvalue weighted by Gasteiger charge is -2.20. The van der Waals surface area contributed by atoms with Gasteiger partial charge in [-0.2, -0.15) is 0 Å². The van der Waals surface area contributed by atoms with Crippen molar-refractivity contribution in [3.63, 3.8) is 0 Å². The predicted octanol–water partition coefficient (Wildman–Crippen LogP) is -0.115. The molecule has 0 saturated carbocycles. The van der Waals surface area contributed by atoms with Gasteiger partial charge < -0.3 is 15.3 Å². The number of nitrogens with zero attached hydrogens (tertiary/aromatic N) is 2. The zero-order valence-corrected chi connectivity index (χ0v) is 8.07. The number of hydrogen-bond acceptors (Lipinski definition) is 4. The van der Waals surface area contributed by atoms with Crippen LogP contribution in [0, 0.1) is 0 Å². The molecule has 0 radical (unpaired) electrons. The molecule has 0 bridgehead atoms. The molecular weight excluding hydrogens is 182 g/mol. The lowest BCUT2D eigenvalue weighted by Crippen LogP contribution is -2.35. The number of carboxylic acids is 1. The van der Waals surface area contributed by atoms with Crippen LogP contribution in [0.25, 0.3) is 0 Å². The summed E-state index contributed by atoms with van der Waals surface area (Å²) in [6.45, 7) is 2.85. The highest BCUT2D eigenvalue weighted by Gasteiger charge is 2.28. The van der Waals surface area contributed by atoms with Crippen LogP contribution >= 0.6 is 0 Å². The van der Waals surface area contributed by atoms with E-state index < -0.39 is 5.97 Å². The van der Waals surface area contributed by atoms with Crippen LogP contribution in [0.3, 0.4) is 0 Å². The van der Waals surface area contributed by atoms with Gasteiger partial charge in [-0.05, 0) is 12.8 Å². The second-order valence-electron chi connectivity index (χ2n) is 3.78. The van der Waals surface area contributed by atoms with E-state index in [0.29, 0.717) is 6.42 Å². The van der Waals surface area contributed by atoms with E-state index in [9.17, 15) is 4.79 Å². The number of carboxylic acid groups (broad SMARTS) is 1. The average molecular weight is 197 g/mol. The number of guanidine groups is 1. The Hall–Kier alpha value is -1.26. The monoisotopic (exact) mass is 197 g/mol. The van der Waals surface area contributed by atoms with E-state index in [4.69, 9.17) is 5.11 Å². The van der Waals surface area contributed by atoms with Crippen LogP contribution in [-0.2, 0) is 4.79 Å². The van der Waals surface area contributed by atoms with Crippen LogP contribution in [0.5, 0.6) is 0 Å². The van der Waals surface area contributed by atoms with E-state index in [1.54, 1.807) is 0 Å². The fraction of sp³-hybridized carbons (Fsp3) is 0.778. The van der Waals surface area contributed by atoms with Gasteiger partial charge in [-0.15, -0.1) is 0 Å². The number of aliphatic imine (C=N–C) groups is 1. The van der Waals surface area contributed by atoms with Crippen molar-refractivity contribution in [3.05, 3.63) is 0 Å². The Morgan fingerprint density at radius 1 is 1.71 bits per heavy atom. The molecule has 5 nitrogen and oxygen atoms in total. The molecule has 1 saturated heterocycles. The third-order valence-corrected chi connectivity index (χ3v) is 2.63. The maximum Gasteiger partial charge on any atom is 0.303 e. The molecular formula is C9H15N3O2. The first kappa shape index (κ1) is 9.30. The van der Waals surface area contributed by atoms with E-state index in [1.807, 2.05) is 0 Å². The quantitative estimate of drug-likeness (QED) is 0.662. The molecule has 0 spiro atoms. The predicted molar refractivity (Wildman–Crippen MR) is 52.3 cm³/mol. The molecule has 2 N–H and O–H groups in total. The van der Waals surface area contributed by atoms with E-state index in [-0.39, 0.29) is 12.5 Å². The number of rotatable bonds is 3. The fourth-order valence-corrected chi connectivity index (χ4v) is 1.92. The summed E-state index contributed by atoms with van der Waals surface area (Å²) in [5, 5.41) is 11.8. The van der Waals surface area contributed by atoms with Crippen molar-refractivity contribution < 1.29 is 9.90 Å². The molecule has 2 aliphatic heterocycles. The largest absolute Gasteiger partial charge is 0.481 e. The minimum absolute atomic E-state index is 0.235. The lowest BCUT2D eigenvalue weighted by molar-refractivity contribution is -0.137. The average Bonchev–Trinajstić information content (AvgIpc) is 2.57. The molecule has 0 amide bonds. The second-order valence-corrected chi connectivity index (χ2v) is 3.78. The van der Waals surface area contributed by atoms with Gasteiger partial charge in [0.15, 0.2) is 5.96 Å². The highest BCUT2D eigenvalue weighted by atomic mass is 16.4. The summed E-state index contributed by atoms with van der Waals surface area (Å²) in [7, 11) is 0. The number of aliphatic carboxylic acids is 1. The Labute approximate surface area is 82.8 Å². The Bertz CT molecular complexity index is 265. The van der Waals surface area contributed by atoms with E-state index in [1.165, 1.54) is 0 Å². The van der Waals surface area contributed by atoms with Crippen LogP contribution in [0.4, 0.5) is 0 Å². The second kappa shape index (κ2) is 3.86. The smallest absolute Gasteiger partial charge is 0.303 e. The molecule has 0 aromatic carbocycles. The first-order valence-electron chi connectivity index (χ1n) is 5.03. The van der Waals surface area contributed by atoms with Crippen LogP contribution in [0.1, 0.15) is 19.3 Å². The summed E-state index contributed by atoms with van der Waals surface area (Å²) in [5.74, 6) is 0.241. The molecule has 2 heterocycles. The number of fused-ring (bicyclic) bond motifs is 1. The molecule has 0 aromatic rings. The van der Waals surface area contributed by atoms with E-state index in [0.717, 1.165) is 32.0 Å². The highest BCUT2D eigenvalue weighted by Crippen LogP contribution is 2.12. The molecule has 5 heteroatoms. The summed E-state index contributed by atoms with van der Waals surface area (Å²) in [5.41, 5.74) is 0. The third-order valence-electron chi connectivity index (χ3n) is 2.63. The Balaban J connectivity index is 1.85. The van der Waals surface area contributed by atoms with Crippen LogP contribution in [0.15, 0.2) is 4.99 Å². The standard InChI is InChI=1S/C9H15N3O2/c13-8(14)3-2-7-6-12-5-1-4-10-9(12)11-7/h7H,1-6H2,(H,10,11)(H,13,14). The first-order valence-corrected chi connectivity index (χ1v) is 5.03. The Morgan fingerprint density at radius 2 is 2.57 bits per heavy atom. The normalized spacial score (nSPS) is 25.3. The topological polar surface area (TPSA) is 64.9 Å². The maximum absolute atomic E-state index is 10.4. The molecule has 14 heavy (non-hydrogen) atoms. The summed E-state index contributed by atoms with van der Waals surface area (Å²) in [6, 6.07) is 0.267. The Morgan fingerprint density at radius 3 is 3.29 bits per heavy atom. The summed E-state index contributed by atoms with van der Waals surface area (Å²) in [6.07, 6.45) is 2.03. The van der Waals surface area contributed by atoms with Gasteiger partial charge in [0.25, 0.3) is 0 Å². The lowest BCUT2D eigenvalue weighted by atomic mass is 10.1. The molecule has 2 aliphatic rings. The number of hydrogen-bond donors (Lipinski definition) is 2. The van der Waals surface area contributed by atoms with Crippen molar-refractivity contribution in [1.82, 2.24) is 10.2 Å². The van der Waals surface area contributed by atoms with Gasteiger partial charge in [0, 0.05) is 32.1 Å². The van der Waals surface area contributed by atoms with E-state index >= 15 is 0 Å². The molecule has 78 valence electrons. The van der Waals surface area contributed by atoms with Gasteiger partial charge in [0.1, 0.15) is 0 Å². The zero-order valence-electron chi connectivity index (χ0n) is 8.07. The van der Waals surface area contributed by atoms with Crippen molar-refractivity contribution in [3.8, 4) is 0 Å². The van der Waals surface area contributed by atoms with Crippen LogP contribution < -0.4 is 5.32 Å².